The van der Waals surface area contributed by atoms with Crippen molar-refractivity contribution in [2.24, 2.45) is 0 Å². The molecule has 0 aliphatic rings. The molecule has 6 heteroatoms. The van der Waals surface area contributed by atoms with Gasteiger partial charge in [-0.05, 0) is 36.4 Å². The number of sulfonamides is 1. The van der Waals surface area contributed by atoms with E-state index in [2.05, 4.69) is 18.2 Å². The molecule has 0 aromatic carbocycles. The van der Waals surface area contributed by atoms with Crippen LogP contribution < -0.4 is 5.32 Å². The lowest BCUT2D eigenvalue weighted by molar-refractivity contribution is 0.447. The van der Waals surface area contributed by atoms with Gasteiger partial charge in [-0.1, -0.05) is 19.8 Å². The first-order valence-electron chi connectivity index (χ1n) is 6.78. The van der Waals surface area contributed by atoms with Gasteiger partial charge in [0.15, 0.2) is 0 Å². The fourth-order valence-electron chi connectivity index (χ4n) is 1.75. The molecule has 1 aromatic rings. The summed E-state index contributed by atoms with van der Waals surface area (Å²) >= 11 is 1.26. The molecule has 112 valence electrons. The summed E-state index contributed by atoms with van der Waals surface area (Å²) in [7, 11) is -3.45. The van der Waals surface area contributed by atoms with Gasteiger partial charge >= 0.3 is 0 Å². The first kappa shape index (κ1) is 17.2. The molecule has 0 spiro atoms. The predicted molar refractivity (Wildman–Crippen MR) is 84.2 cm³/mol. The van der Waals surface area contributed by atoms with E-state index >= 15 is 0 Å². The summed E-state index contributed by atoms with van der Waals surface area (Å²) in [6, 6.07) is 1.74. The van der Waals surface area contributed by atoms with E-state index in [4.69, 9.17) is 6.42 Å². The summed E-state index contributed by atoms with van der Waals surface area (Å²) in [5.41, 5.74) is 0.999. The Morgan fingerprint density at radius 1 is 1.40 bits per heavy atom. The minimum absolute atomic E-state index is 0.123. The van der Waals surface area contributed by atoms with Crippen LogP contribution in [0.25, 0.3) is 0 Å². The summed E-state index contributed by atoms with van der Waals surface area (Å²) in [4.78, 5) is 0. The van der Waals surface area contributed by atoms with Crippen molar-refractivity contribution in [2.45, 2.75) is 37.4 Å². The number of hydrogen-bond acceptors (Lipinski definition) is 4. The minimum atomic E-state index is -3.45. The molecule has 1 rings (SSSR count). The van der Waals surface area contributed by atoms with Crippen molar-refractivity contribution >= 4 is 21.4 Å². The van der Waals surface area contributed by atoms with Crippen molar-refractivity contribution in [1.82, 2.24) is 9.62 Å². The van der Waals surface area contributed by atoms with E-state index in [9.17, 15) is 8.42 Å². The van der Waals surface area contributed by atoms with Gasteiger partial charge in [-0.2, -0.15) is 4.31 Å². The van der Waals surface area contributed by atoms with Crippen molar-refractivity contribution in [3.05, 3.63) is 17.0 Å². The van der Waals surface area contributed by atoms with Crippen LogP contribution in [0.15, 0.2) is 15.7 Å². The quantitative estimate of drug-likeness (QED) is 0.562. The molecule has 0 atom stereocenters. The van der Waals surface area contributed by atoms with Gasteiger partial charge in [-0.25, -0.2) is 8.42 Å². The lowest BCUT2D eigenvalue weighted by atomic mass is 10.3. The van der Waals surface area contributed by atoms with Crippen LogP contribution in [-0.2, 0) is 16.6 Å². The van der Waals surface area contributed by atoms with Crippen LogP contribution in [0.2, 0.25) is 0 Å². The summed E-state index contributed by atoms with van der Waals surface area (Å²) in [6.45, 7) is 6.23. The molecule has 0 unspecified atom stereocenters. The minimum Gasteiger partial charge on any atom is -0.313 e. The Bertz CT molecular complexity index is 544. The normalized spacial score (nSPS) is 11.7. The van der Waals surface area contributed by atoms with E-state index in [0.717, 1.165) is 24.9 Å². The Morgan fingerprint density at radius 3 is 2.75 bits per heavy atom. The zero-order chi connectivity index (χ0) is 15.0. The van der Waals surface area contributed by atoms with Crippen LogP contribution in [0.1, 0.15) is 32.3 Å². The SMILES string of the molecule is C#CCN(CCC)S(=O)(=O)c1cc(CNCCC)cs1. The van der Waals surface area contributed by atoms with Gasteiger partial charge in [0, 0.05) is 13.1 Å². The number of hydrogen-bond donors (Lipinski definition) is 1. The van der Waals surface area contributed by atoms with Gasteiger partial charge in [0.1, 0.15) is 4.21 Å². The third kappa shape index (κ3) is 4.60. The molecule has 4 nitrogen and oxygen atoms in total. The molecule has 1 heterocycles. The highest BCUT2D eigenvalue weighted by Crippen LogP contribution is 2.24. The molecule has 0 aliphatic carbocycles. The highest BCUT2D eigenvalue weighted by molar-refractivity contribution is 7.91. The van der Waals surface area contributed by atoms with Crippen LogP contribution >= 0.6 is 11.3 Å². The molecular weight excluding hydrogens is 292 g/mol. The molecule has 0 radical (unpaired) electrons. The maximum atomic E-state index is 12.5. The van der Waals surface area contributed by atoms with Crippen molar-refractivity contribution in [2.75, 3.05) is 19.6 Å². The smallest absolute Gasteiger partial charge is 0.253 e. The maximum absolute atomic E-state index is 12.5. The van der Waals surface area contributed by atoms with Crippen LogP contribution in [0.5, 0.6) is 0 Å². The van der Waals surface area contributed by atoms with E-state index in [0.29, 0.717) is 17.3 Å². The van der Waals surface area contributed by atoms with E-state index in [1.165, 1.54) is 15.6 Å². The number of terminal acetylenes is 1. The number of thiophene rings is 1. The first-order valence-corrected chi connectivity index (χ1v) is 9.10. The molecule has 0 amide bonds. The van der Waals surface area contributed by atoms with E-state index in [1.54, 1.807) is 6.07 Å². The third-order valence-corrected chi connectivity index (χ3v) is 6.03. The van der Waals surface area contributed by atoms with Gasteiger partial charge < -0.3 is 5.32 Å². The fraction of sp³-hybridized carbons (Fsp3) is 0.571. The lowest BCUT2D eigenvalue weighted by Crippen LogP contribution is -2.31. The second kappa shape index (κ2) is 8.42. The average molecular weight is 314 g/mol. The molecule has 20 heavy (non-hydrogen) atoms. The Morgan fingerprint density at radius 2 is 2.15 bits per heavy atom. The summed E-state index contributed by atoms with van der Waals surface area (Å²) in [5, 5.41) is 5.15. The summed E-state index contributed by atoms with van der Waals surface area (Å²) in [5.74, 6) is 2.42. The standard InChI is InChI=1S/C14H22N2O2S2/c1-4-7-15-11-13-10-14(19-12-13)20(17,18)16(8-5-2)9-6-3/h2,10,12,15H,4,6-9,11H2,1,3H3. The predicted octanol–water partition coefficient (Wildman–Crippen LogP) is 2.28. The van der Waals surface area contributed by atoms with Gasteiger partial charge in [0.2, 0.25) is 0 Å². The summed E-state index contributed by atoms with van der Waals surface area (Å²) < 4.78 is 26.7. The topological polar surface area (TPSA) is 49.4 Å². The Balaban J connectivity index is 2.83. The highest BCUT2D eigenvalue weighted by atomic mass is 32.2. The van der Waals surface area contributed by atoms with E-state index in [1.807, 2.05) is 12.3 Å². The molecule has 0 fully saturated rings. The van der Waals surface area contributed by atoms with Gasteiger partial charge in [-0.15, -0.1) is 17.8 Å². The molecule has 1 aromatic heterocycles. The Kier molecular flexibility index (Phi) is 7.24. The first-order chi connectivity index (χ1) is 9.56. The van der Waals surface area contributed by atoms with Gasteiger partial charge in [0.25, 0.3) is 10.0 Å². The van der Waals surface area contributed by atoms with Gasteiger partial charge in [-0.3, -0.25) is 0 Å². The average Bonchev–Trinajstić information content (AvgIpc) is 2.88. The Labute approximate surface area is 126 Å². The molecule has 0 aliphatic heterocycles. The zero-order valence-corrected chi connectivity index (χ0v) is 13.7. The van der Waals surface area contributed by atoms with Crippen molar-refractivity contribution in [3.63, 3.8) is 0 Å². The molecule has 0 bridgehead atoms. The summed E-state index contributed by atoms with van der Waals surface area (Å²) in [6.07, 6.45) is 7.06. The van der Waals surface area contributed by atoms with Crippen LogP contribution in [-0.4, -0.2) is 32.4 Å². The number of nitrogens with one attached hydrogen (secondary N) is 1. The second-order valence-corrected chi connectivity index (χ2v) is 7.57. The van der Waals surface area contributed by atoms with Crippen molar-refractivity contribution in [3.8, 4) is 12.3 Å². The molecule has 0 saturated carbocycles. The number of rotatable bonds is 9. The molecule has 0 saturated heterocycles. The number of nitrogens with zero attached hydrogens (tertiary/aromatic N) is 1. The van der Waals surface area contributed by atoms with Crippen LogP contribution in [0.3, 0.4) is 0 Å². The van der Waals surface area contributed by atoms with Crippen molar-refractivity contribution < 1.29 is 8.42 Å². The van der Waals surface area contributed by atoms with E-state index in [-0.39, 0.29) is 6.54 Å². The van der Waals surface area contributed by atoms with Crippen LogP contribution in [0.4, 0.5) is 0 Å². The van der Waals surface area contributed by atoms with Gasteiger partial charge in [0.05, 0.1) is 6.54 Å². The monoisotopic (exact) mass is 314 g/mol. The lowest BCUT2D eigenvalue weighted by Gasteiger charge is -2.17. The highest BCUT2D eigenvalue weighted by Gasteiger charge is 2.24. The second-order valence-electron chi connectivity index (χ2n) is 4.49. The van der Waals surface area contributed by atoms with Crippen LogP contribution in [0, 0.1) is 12.3 Å². The van der Waals surface area contributed by atoms with E-state index < -0.39 is 10.0 Å². The Hall–Kier alpha value is -0.870. The molecular formula is C14H22N2O2S2. The molecule has 1 N–H and O–H groups in total. The maximum Gasteiger partial charge on any atom is 0.253 e. The zero-order valence-electron chi connectivity index (χ0n) is 12.1. The van der Waals surface area contributed by atoms with Crippen molar-refractivity contribution in [1.29, 1.82) is 0 Å². The fourth-order valence-corrected chi connectivity index (χ4v) is 4.56. The largest absolute Gasteiger partial charge is 0.313 e. The third-order valence-electron chi connectivity index (χ3n) is 2.72.